The highest BCUT2D eigenvalue weighted by Gasteiger charge is 2.33. The number of nitrogens with one attached hydrogen (secondary N) is 1. The summed E-state index contributed by atoms with van der Waals surface area (Å²) in [6.07, 6.45) is -2.86. The van der Waals surface area contributed by atoms with Gasteiger partial charge in [0.15, 0.2) is 5.82 Å². The lowest BCUT2D eigenvalue weighted by atomic mass is 9.78. The summed E-state index contributed by atoms with van der Waals surface area (Å²) in [5.41, 5.74) is 0.344. The number of alkyl halides is 3. The first-order valence-electron chi connectivity index (χ1n) is 13.2. The van der Waals surface area contributed by atoms with Gasteiger partial charge in [-0.05, 0) is 61.4 Å². The molecule has 0 saturated carbocycles. The quantitative estimate of drug-likeness (QED) is 0.199. The van der Waals surface area contributed by atoms with Gasteiger partial charge in [0.05, 0.1) is 29.7 Å². The Kier molecular flexibility index (Phi) is 9.56. The average molecular weight is 721 g/mol. The molecule has 0 bridgehead atoms. The van der Waals surface area contributed by atoms with Crippen LogP contribution in [0.25, 0.3) is 10.3 Å². The minimum absolute atomic E-state index is 0.0817. The van der Waals surface area contributed by atoms with Crippen LogP contribution in [-0.2, 0) is 25.5 Å². The molecule has 0 aliphatic heterocycles. The predicted molar refractivity (Wildman–Crippen MR) is 170 cm³/mol. The summed E-state index contributed by atoms with van der Waals surface area (Å²) in [6.45, 7) is 6.98. The van der Waals surface area contributed by atoms with Crippen LogP contribution in [0.15, 0.2) is 48.7 Å². The Morgan fingerprint density at radius 2 is 1.57 bits per heavy atom. The van der Waals surface area contributed by atoms with E-state index in [1.165, 1.54) is 18.2 Å². The standard InChI is InChI=1S/C28H28ClF3N4O7S3/c1-15(2)42-20-9-17(10-21(12-20)43-28(30,31)32)27(3,4)16-7-18(29)11-19(8-16)34-25(37)23-13-22-26(44-23)33-14-24(35-22)36(45(5,38)39)46(6,40)41/h7-15H,1-6H3,(H,34,37). The molecule has 0 unspecified atom stereocenters. The maximum Gasteiger partial charge on any atom is 0.573 e. The first-order valence-corrected chi connectivity index (χ1v) is 18.1. The molecule has 0 saturated heterocycles. The van der Waals surface area contributed by atoms with Crippen molar-refractivity contribution in [3.8, 4) is 11.5 Å². The third-order valence-electron chi connectivity index (χ3n) is 6.32. The van der Waals surface area contributed by atoms with Crippen LogP contribution in [0.5, 0.6) is 11.5 Å². The molecule has 2 aromatic heterocycles. The van der Waals surface area contributed by atoms with Crippen molar-refractivity contribution in [2.24, 2.45) is 0 Å². The van der Waals surface area contributed by atoms with Crippen LogP contribution in [-0.4, -0.2) is 57.7 Å². The number of carbonyl (C=O) groups excluding carboxylic acids is 1. The van der Waals surface area contributed by atoms with Crippen LogP contribution in [0, 0.1) is 0 Å². The van der Waals surface area contributed by atoms with Crippen molar-refractivity contribution in [3.05, 3.63) is 69.7 Å². The number of amides is 1. The zero-order valence-corrected chi connectivity index (χ0v) is 28.3. The number of halogens is 4. The summed E-state index contributed by atoms with van der Waals surface area (Å²) in [5, 5.41) is 2.95. The summed E-state index contributed by atoms with van der Waals surface area (Å²) in [4.78, 5) is 21.8. The van der Waals surface area contributed by atoms with Crippen LogP contribution >= 0.6 is 22.9 Å². The predicted octanol–water partition coefficient (Wildman–Crippen LogP) is 6.33. The Labute approximate surface area is 272 Å². The van der Waals surface area contributed by atoms with E-state index in [4.69, 9.17) is 16.3 Å². The van der Waals surface area contributed by atoms with Crippen LogP contribution < -0.4 is 18.5 Å². The fraction of sp³-hybridized carbons (Fsp3) is 0.321. The van der Waals surface area contributed by atoms with E-state index in [1.807, 2.05) is 0 Å². The molecule has 0 spiro atoms. The van der Waals surface area contributed by atoms with Gasteiger partial charge in [0.1, 0.15) is 21.8 Å². The minimum Gasteiger partial charge on any atom is -0.491 e. The molecular formula is C28H28ClF3N4O7S3. The monoisotopic (exact) mass is 720 g/mol. The van der Waals surface area contributed by atoms with Crippen LogP contribution in [0.3, 0.4) is 0 Å². The van der Waals surface area contributed by atoms with Gasteiger partial charge >= 0.3 is 6.36 Å². The Morgan fingerprint density at radius 1 is 0.957 bits per heavy atom. The zero-order chi connectivity index (χ0) is 34.4. The van der Waals surface area contributed by atoms with Gasteiger partial charge in [-0.2, -0.15) is 0 Å². The minimum atomic E-state index is -4.93. The molecule has 0 atom stereocenters. The number of aromatic nitrogens is 2. The summed E-state index contributed by atoms with van der Waals surface area (Å²) < 4.78 is 97.8. The largest absolute Gasteiger partial charge is 0.573 e. The molecule has 4 aromatic rings. The number of thiophene rings is 1. The first-order chi connectivity index (χ1) is 21.0. The fourth-order valence-corrected chi connectivity index (χ4v) is 8.34. The molecule has 46 heavy (non-hydrogen) atoms. The maximum absolute atomic E-state index is 13.2. The normalized spacial score (nSPS) is 12.8. The second-order valence-electron chi connectivity index (χ2n) is 11.0. The molecule has 11 nitrogen and oxygen atoms in total. The molecule has 0 aliphatic rings. The Bertz CT molecular complexity index is 2000. The molecular weight excluding hydrogens is 693 g/mol. The van der Waals surface area contributed by atoms with E-state index in [9.17, 15) is 34.8 Å². The van der Waals surface area contributed by atoms with E-state index < -0.39 is 49.3 Å². The highest BCUT2D eigenvalue weighted by Crippen LogP contribution is 2.39. The van der Waals surface area contributed by atoms with Gasteiger partial charge in [-0.15, -0.1) is 28.2 Å². The van der Waals surface area contributed by atoms with E-state index in [0.29, 0.717) is 23.6 Å². The van der Waals surface area contributed by atoms with E-state index in [0.717, 1.165) is 23.6 Å². The molecule has 4 rings (SSSR count). The molecule has 248 valence electrons. The highest BCUT2D eigenvalue weighted by atomic mass is 35.5. The van der Waals surface area contributed by atoms with Crippen molar-refractivity contribution in [2.75, 3.05) is 21.5 Å². The first kappa shape index (κ1) is 35.2. The number of hydrogen-bond acceptors (Lipinski definition) is 10. The lowest BCUT2D eigenvalue weighted by Crippen LogP contribution is -2.35. The van der Waals surface area contributed by atoms with Crippen molar-refractivity contribution < 1.29 is 44.3 Å². The number of carbonyl (C=O) groups is 1. The van der Waals surface area contributed by atoms with Crippen molar-refractivity contribution in [1.29, 1.82) is 0 Å². The van der Waals surface area contributed by atoms with E-state index >= 15 is 0 Å². The second kappa shape index (κ2) is 12.5. The lowest BCUT2D eigenvalue weighted by molar-refractivity contribution is -0.274. The van der Waals surface area contributed by atoms with Crippen molar-refractivity contribution in [2.45, 2.75) is 45.6 Å². The Hall–Kier alpha value is -3.67. The SMILES string of the molecule is CC(C)Oc1cc(OC(F)(F)F)cc(C(C)(C)c2cc(Cl)cc(NC(=O)c3cc4nc(N(S(C)(=O)=O)S(C)(=O)=O)cnc4s3)c2)c1. The summed E-state index contributed by atoms with van der Waals surface area (Å²) in [5.74, 6) is -1.36. The van der Waals surface area contributed by atoms with E-state index in [1.54, 1.807) is 45.9 Å². The van der Waals surface area contributed by atoms with Gasteiger partial charge in [-0.3, -0.25) is 4.79 Å². The number of nitrogens with zero attached hydrogens (tertiary/aromatic N) is 3. The van der Waals surface area contributed by atoms with Gasteiger partial charge in [-0.1, -0.05) is 25.4 Å². The average Bonchev–Trinajstić information content (AvgIpc) is 3.29. The Balaban J connectivity index is 1.67. The molecule has 18 heteroatoms. The van der Waals surface area contributed by atoms with E-state index in [-0.39, 0.29) is 41.5 Å². The molecule has 0 fully saturated rings. The number of fused-ring (bicyclic) bond motifs is 1. The van der Waals surface area contributed by atoms with Crippen molar-refractivity contribution in [1.82, 2.24) is 9.97 Å². The van der Waals surface area contributed by atoms with Gasteiger partial charge in [0.2, 0.25) is 20.0 Å². The van der Waals surface area contributed by atoms with Gasteiger partial charge < -0.3 is 14.8 Å². The summed E-state index contributed by atoms with van der Waals surface area (Å²) in [7, 11) is -8.53. The van der Waals surface area contributed by atoms with E-state index in [2.05, 4.69) is 20.0 Å². The number of ether oxygens (including phenoxy) is 2. The highest BCUT2D eigenvalue weighted by molar-refractivity contribution is 8.09. The molecule has 2 heterocycles. The third kappa shape index (κ3) is 8.37. The number of benzene rings is 2. The van der Waals surface area contributed by atoms with Crippen LogP contribution in [0.4, 0.5) is 24.7 Å². The summed E-state index contributed by atoms with van der Waals surface area (Å²) in [6, 6.07) is 10.0. The van der Waals surface area contributed by atoms with Gasteiger partial charge in [0, 0.05) is 22.2 Å². The zero-order valence-electron chi connectivity index (χ0n) is 25.1. The van der Waals surface area contributed by atoms with Crippen LogP contribution in [0.2, 0.25) is 5.02 Å². The molecule has 2 aromatic carbocycles. The fourth-order valence-electron chi connectivity index (χ4n) is 4.45. The van der Waals surface area contributed by atoms with Gasteiger partial charge in [0.25, 0.3) is 5.91 Å². The number of rotatable bonds is 10. The molecule has 0 aliphatic carbocycles. The maximum atomic E-state index is 13.2. The second-order valence-corrected chi connectivity index (χ2v) is 16.3. The smallest absolute Gasteiger partial charge is 0.491 e. The number of sulfonamides is 2. The molecule has 0 radical (unpaired) electrons. The Morgan fingerprint density at radius 3 is 2.15 bits per heavy atom. The number of anilines is 2. The molecule has 1 amide bonds. The lowest BCUT2D eigenvalue weighted by Gasteiger charge is -2.28. The number of hydrogen-bond donors (Lipinski definition) is 1. The third-order valence-corrected chi connectivity index (χ3v) is 10.8. The van der Waals surface area contributed by atoms with Crippen LogP contribution in [0.1, 0.15) is 48.5 Å². The van der Waals surface area contributed by atoms with Crippen molar-refractivity contribution in [3.63, 3.8) is 0 Å². The topological polar surface area (TPSA) is 145 Å². The summed E-state index contributed by atoms with van der Waals surface area (Å²) >= 11 is 7.33. The molecule has 1 N–H and O–H groups in total. The van der Waals surface area contributed by atoms with Gasteiger partial charge in [-0.25, -0.2) is 26.8 Å². The van der Waals surface area contributed by atoms with Crippen molar-refractivity contribution >= 4 is 70.7 Å².